The van der Waals surface area contributed by atoms with Crippen molar-refractivity contribution in [3.8, 4) is 0 Å². The van der Waals surface area contributed by atoms with Crippen molar-refractivity contribution in [3.05, 3.63) is 0 Å². The number of hydrogen-bond donors (Lipinski definition) is 3. The van der Waals surface area contributed by atoms with E-state index < -0.39 is 5.97 Å². The average molecular weight is 272 g/mol. The zero-order chi connectivity index (χ0) is 15.1. The summed E-state index contributed by atoms with van der Waals surface area (Å²) < 4.78 is 0. The Hall–Kier alpha value is -1.26. The van der Waals surface area contributed by atoms with Gasteiger partial charge in [-0.05, 0) is 23.7 Å². The molecule has 3 N–H and O–H groups in total. The van der Waals surface area contributed by atoms with E-state index in [4.69, 9.17) is 5.11 Å². The first kappa shape index (κ1) is 17.7. The number of carbonyl (C=O) groups excluding carboxylic acids is 1. The van der Waals surface area contributed by atoms with Gasteiger partial charge in [0.25, 0.3) is 0 Å². The molecule has 0 heterocycles. The molecule has 5 heteroatoms. The molecule has 0 fully saturated rings. The Labute approximate surface area is 116 Å². The van der Waals surface area contributed by atoms with Crippen LogP contribution in [-0.4, -0.2) is 30.2 Å². The minimum atomic E-state index is -0.796. The molecule has 0 aliphatic rings. The second-order valence-corrected chi connectivity index (χ2v) is 6.40. The fourth-order valence-electron chi connectivity index (χ4n) is 1.35. The number of carbonyl (C=O) groups is 2. The van der Waals surface area contributed by atoms with Gasteiger partial charge in [0.05, 0.1) is 0 Å². The Kier molecular flexibility index (Phi) is 7.49. The van der Waals surface area contributed by atoms with Gasteiger partial charge >= 0.3 is 12.0 Å². The standard InChI is InChI=1S/C14H28N2O3/c1-10(6-7-12(17)18)8-15-13(19)16-9-11(2)14(3,4)5/h10-11H,6-9H2,1-5H3,(H,17,18)(H2,15,16,19). The summed E-state index contributed by atoms with van der Waals surface area (Å²) in [5.41, 5.74) is 0.169. The summed E-state index contributed by atoms with van der Waals surface area (Å²) in [5, 5.41) is 14.2. The minimum absolute atomic E-state index is 0.144. The van der Waals surface area contributed by atoms with Crippen molar-refractivity contribution >= 4 is 12.0 Å². The Morgan fingerprint density at radius 3 is 2.11 bits per heavy atom. The molecule has 0 saturated heterocycles. The van der Waals surface area contributed by atoms with E-state index in [0.29, 0.717) is 25.4 Å². The lowest BCUT2D eigenvalue weighted by molar-refractivity contribution is -0.137. The van der Waals surface area contributed by atoms with E-state index in [1.54, 1.807) is 0 Å². The predicted molar refractivity (Wildman–Crippen MR) is 76.1 cm³/mol. The number of aliphatic carboxylic acids is 1. The Balaban J connectivity index is 3.78. The third-order valence-electron chi connectivity index (χ3n) is 3.51. The maximum atomic E-state index is 11.6. The zero-order valence-corrected chi connectivity index (χ0v) is 12.7. The second-order valence-electron chi connectivity index (χ2n) is 6.40. The van der Waals surface area contributed by atoms with Crippen LogP contribution < -0.4 is 10.6 Å². The Bertz CT molecular complexity index is 298. The molecule has 0 radical (unpaired) electrons. The molecule has 0 saturated carbocycles. The summed E-state index contributed by atoms with van der Waals surface area (Å²) in [6.07, 6.45) is 0.722. The third kappa shape index (κ3) is 9.33. The maximum Gasteiger partial charge on any atom is 0.314 e. The Morgan fingerprint density at radius 2 is 1.63 bits per heavy atom. The molecular weight excluding hydrogens is 244 g/mol. The van der Waals surface area contributed by atoms with Crippen LogP contribution in [0.4, 0.5) is 4.79 Å². The van der Waals surface area contributed by atoms with Crippen molar-refractivity contribution in [3.63, 3.8) is 0 Å². The van der Waals surface area contributed by atoms with Gasteiger partial charge in [-0.2, -0.15) is 0 Å². The van der Waals surface area contributed by atoms with Crippen LogP contribution in [0.25, 0.3) is 0 Å². The van der Waals surface area contributed by atoms with Crippen LogP contribution in [0.1, 0.15) is 47.5 Å². The van der Waals surface area contributed by atoms with E-state index >= 15 is 0 Å². The molecule has 0 aromatic carbocycles. The molecule has 0 aromatic rings. The number of hydrogen-bond acceptors (Lipinski definition) is 2. The van der Waals surface area contributed by atoms with Crippen LogP contribution in [0.5, 0.6) is 0 Å². The summed E-state index contributed by atoms with van der Waals surface area (Å²) in [6, 6.07) is -0.182. The van der Waals surface area contributed by atoms with Crippen molar-refractivity contribution in [1.82, 2.24) is 10.6 Å². The van der Waals surface area contributed by atoms with Gasteiger partial charge in [-0.25, -0.2) is 4.79 Å². The number of carboxylic acid groups (broad SMARTS) is 1. The molecule has 0 rings (SSSR count). The van der Waals surface area contributed by atoms with Crippen LogP contribution in [0.15, 0.2) is 0 Å². The maximum absolute atomic E-state index is 11.6. The van der Waals surface area contributed by atoms with Crippen molar-refractivity contribution < 1.29 is 14.7 Å². The van der Waals surface area contributed by atoms with Crippen molar-refractivity contribution in [1.29, 1.82) is 0 Å². The topological polar surface area (TPSA) is 78.4 Å². The number of nitrogens with one attached hydrogen (secondary N) is 2. The summed E-state index contributed by atoms with van der Waals surface area (Å²) in [4.78, 5) is 22.0. The molecule has 112 valence electrons. The van der Waals surface area contributed by atoms with Gasteiger partial charge in [0.1, 0.15) is 0 Å². The molecule has 0 bridgehead atoms. The van der Waals surface area contributed by atoms with E-state index in [1.807, 2.05) is 6.92 Å². The highest BCUT2D eigenvalue weighted by Gasteiger charge is 2.20. The highest BCUT2D eigenvalue weighted by Crippen LogP contribution is 2.24. The Morgan fingerprint density at radius 1 is 1.11 bits per heavy atom. The lowest BCUT2D eigenvalue weighted by Crippen LogP contribution is -2.41. The number of rotatable bonds is 7. The van der Waals surface area contributed by atoms with Gasteiger partial charge in [0.2, 0.25) is 0 Å². The van der Waals surface area contributed by atoms with Gasteiger partial charge in [-0.1, -0.05) is 34.6 Å². The first-order valence-corrected chi connectivity index (χ1v) is 6.86. The fourth-order valence-corrected chi connectivity index (χ4v) is 1.35. The SMILES string of the molecule is CC(CCC(=O)O)CNC(=O)NCC(C)C(C)(C)C. The highest BCUT2D eigenvalue weighted by molar-refractivity contribution is 5.73. The van der Waals surface area contributed by atoms with Crippen molar-refractivity contribution in [2.75, 3.05) is 13.1 Å². The molecule has 0 aromatic heterocycles. The average Bonchev–Trinajstić information content (AvgIpc) is 2.29. The van der Waals surface area contributed by atoms with E-state index in [2.05, 4.69) is 38.3 Å². The van der Waals surface area contributed by atoms with Gasteiger partial charge in [0.15, 0.2) is 0 Å². The molecule has 2 atom stereocenters. The number of carboxylic acids is 1. The number of amides is 2. The van der Waals surface area contributed by atoms with E-state index in [-0.39, 0.29) is 23.8 Å². The van der Waals surface area contributed by atoms with Crippen LogP contribution >= 0.6 is 0 Å². The zero-order valence-electron chi connectivity index (χ0n) is 12.7. The normalized spacial score (nSPS) is 14.6. The van der Waals surface area contributed by atoms with Crippen LogP contribution in [0.2, 0.25) is 0 Å². The van der Waals surface area contributed by atoms with Crippen LogP contribution in [-0.2, 0) is 4.79 Å². The van der Waals surface area contributed by atoms with E-state index in [1.165, 1.54) is 0 Å². The van der Waals surface area contributed by atoms with E-state index in [9.17, 15) is 9.59 Å². The lowest BCUT2D eigenvalue weighted by Gasteiger charge is -2.27. The lowest BCUT2D eigenvalue weighted by atomic mass is 9.82. The smallest absolute Gasteiger partial charge is 0.314 e. The number of urea groups is 1. The molecule has 2 amide bonds. The molecule has 0 aliphatic carbocycles. The highest BCUT2D eigenvalue weighted by atomic mass is 16.4. The summed E-state index contributed by atoms with van der Waals surface area (Å²) in [6.45, 7) is 11.6. The fraction of sp³-hybridized carbons (Fsp3) is 0.857. The van der Waals surface area contributed by atoms with Gasteiger partial charge in [-0.3, -0.25) is 4.79 Å². The van der Waals surface area contributed by atoms with Crippen molar-refractivity contribution in [2.45, 2.75) is 47.5 Å². The largest absolute Gasteiger partial charge is 0.481 e. The molecule has 19 heavy (non-hydrogen) atoms. The van der Waals surface area contributed by atoms with Gasteiger partial charge < -0.3 is 15.7 Å². The summed E-state index contributed by atoms with van der Waals surface area (Å²) in [5.74, 6) is -0.236. The van der Waals surface area contributed by atoms with Gasteiger partial charge in [0, 0.05) is 19.5 Å². The van der Waals surface area contributed by atoms with Crippen molar-refractivity contribution in [2.24, 2.45) is 17.3 Å². The molecule has 5 nitrogen and oxygen atoms in total. The first-order chi connectivity index (χ1) is 8.62. The van der Waals surface area contributed by atoms with Crippen LogP contribution in [0, 0.1) is 17.3 Å². The summed E-state index contributed by atoms with van der Waals surface area (Å²) in [7, 11) is 0. The van der Waals surface area contributed by atoms with E-state index in [0.717, 1.165) is 0 Å². The quantitative estimate of drug-likeness (QED) is 0.666. The molecule has 0 spiro atoms. The van der Waals surface area contributed by atoms with Crippen LogP contribution in [0.3, 0.4) is 0 Å². The summed E-state index contributed by atoms with van der Waals surface area (Å²) >= 11 is 0. The molecule has 2 unspecified atom stereocenters. The molecule has 0 aliphatic heterocycles. The molecular formula is C14H28N2O3. The third-order valence-corrected chi connectivity index (χ3v) is 3.51. The minimum Gasteiger partial charge on any atom is -0.481 e. The van der Waals surface area contributed by atoms with Gasteiger partial charge in [-0.15, -0.1) is 0 Å². The first-order valence-electron chi connectivity index (χ1n) is 6.86. The predicted octanol–water partition coefficient (Wildman–Crippen LogP) is 2.47. The second kappa shape index (κ2) is 8.02. The monoisotopic (exact) mass is 272 g/mol.